The van der Waals surface area contributed by atoms with Crippen LogP contribution in [0.25, 0.3) is 11.1 Å². The van der Waals surface area contributed by atoms with Crippen molar-refractivity contribution in [1.29, 1.82) is 0 Å². The molecule has 1 fully saturated rings. The summed E-state index contributed by atoms with van der Waals surface area (Å²) < 4.78 is 91.0. The molecule has 0 bridgehead atoms. The summed E-state index contributed by atoms with van der Waals surface area (Å²) in [4.78, 5) is 2.21. The molecule has 1 aliphatic carbocycles. The first-order valence-electron chi connectivity index (χ1n) is 16.0. The molecule has 1 heterocycles. The molecule has 3 aromatic carbocycles. The molecule has 0 N–H and O–H groups in total. The van der Waals surface area contributed by atoms with E-state index in [0.29, 0.717) is 25.0 Å². The standard InChI is InChI=1S/C35H40F4NO6P/c1-3-42-47(41,43-4-2)46-30-17-18-33-27(23-30)7-5-8-32(25-9-15-29(16-10-25)45-35(37,38)39)34(33)26-11-13-28(14-12-26)44-31-19-22-40(24-31)21-6-20-36/h9-18,23,31H,3-8,19-22,24H2,1-2H3/t31-/m0/s1. The van der Waals surface area contributed by atoms with E-state index in [0.717, 1.165) is 71.6 Å². The number of alkyl halides is 4. The highest BCUT2D eigenvalue weighted by atomic mass is 31.2. The maximum Gasteiger partial charge on any atom is 0.573 e. The van der Waals surface area contributed by atoms with Gasteiger partial charge in [-0.1, -0.05) is 30.3 Å². The molecule has 0 aromatic heterocycles. The zero-order chi connectivity index (χ0) is 33.4. The van der Waals surface area contributed by atoms with E-state index < -0.39 is 14.2 Å². The summed E-state index contributed by atoms with van der Waals surface area (Å²) >= 11 is 0. The van der Waals surface area contributed by atoms with Crippen molar-refractivity contribution in [3.63, 3.8) is 0 Å². The van der Waals surface area contributed by atoms with Crippen molar-refractivity contribution in [3.05, 3.63) is 89.0 Å². The molecule has 3 aromatic rings. The van der Waals surface area contributed by atoms with Crippen molar-refractivity contribution in [1.82, 2.24) is 4.90 Å². The van der Waals surface area contributed by atoms with Crippen LogP contribution < -0.4 is 14.0 Å². The maximum atomic E-state index is 13.1. The smallest absolute Gasteiger partial charge is 0.489 e. The van der Waals surface area contributed by atoms with Crippen LogP contribution in [0.15, 0.2) is 66.7 Å². The van der Waals surface area contributed by atoms with Gasteiger partial charge in [-0.25, -0.2) is 4.57 Å². The van der Waals surface area contributed by atoms with Gasteiger partial charge in [-0.3, -0.25) is 18.3 Å². The van der Waals surface area contributed by atoms with Crippen LogP contribution in [0.3, 0.4) is 0 Å². The predicted octanol–water partition coefficient (Wildman–Crippen LogP) is 9.25. The van der Waals surface area contributed by atoms with Crippen LogP contribution in [0.4, 0.5) is 17.6 Å². The third-order valence-electron chi connectivity index (χ3n) is 8.03. The number of ether oxygens (including phenoxy) is 2. The average molecular weight is 678 g/mol. The summed E-state index contributed by atoms with van der Waals surface area (Å²) in [6.45, 7) is 5.75. The second-order valence-electron chi connectivity index (χ2n) is 11.4. The lowest BCUT2D eigenvalue weighted by Crippen LogP contribution is -2.26. The van der Waals surface area contributed by atoms with Crippen LogP contribution in [0.1, 0.15) is 61.8 Å². The van der Waals surface area contributed by atoms with Gasteiger partial charge in [-0.15, -0.1) is 13.2 Å². The van der Waals surface area contributed by atoms with E-state index in [2.05, 4.69) is 9.64 Å². The predicted molar refractivity (Wildman–Crippen MR) is 172 cm³/mol. The van der Waals surface area contributed by atoms with E-state index in [1.807, 2.05) is 36.4 Å². The van der Waals surface area contributed by atoms with E-state index in [1.165, 1.54) is 12.1 Å². The number of benzene rings is 3. The molecule has 7 nitrogen and oxygen atoms in total. The molecule has 1 aliphatic heterocycles. The van der Waals surface area contributed by atoms with Crippen molar-refractivity contribution >= 4 is 19.0 Å². The highest BCUT2D eigenvalue weighted by molar-refractivity contribution is 7.48. The zero-order valence-corrected chi connectivity index (χ0v) is 27.5. The fourth-order valence-electron chi connectivity index (χ4n) is 6.10. The summed E-state index contributed by atoms with van der Waals surface area (Å²) in [7, 11) is -3.81. The van der Waals surface area contributed by atoms with E-state index in [-0.39, 0.29) is 31.7 Å². The van der Waals surface area contributed by atoms with Crippen molar-refractivity contribution in [3.8, 4) is 17.2 Å². The number of allylic oxidation sites excluding steroid dienone is 1. The quantitative estimate of drug-likeness (QED) is 0.125. The number of phosphoric ester groups is 1. The average Bonchev–Trinajstić information content (AvgIpc) is 3.38. The van der Waals surface area contributed by atoms with Gasteiger partial charge in [0, 0.05) is 19.6 Å². The highest BCUT2D eigenvalue weighted by Crippen LogP contribution is 2.50. The molecule has 0 amide bonds. The largest absolute Gasteiger partial charge is 0.573 e. The first-order chi connectivity index (χ1) is 22.6. The Morgan fingerprint density at radius 3 is 2.19 bits per heavy atom. The molecule has 12 heteroatoms. The lowest BCUT2D eigenvalue weighted by molar-refractivity contribution is -0.274. The van der Waals surface area contributed by atoms with Crippen molar-refractivity contribution in [2.45, 2.75) is 58.4 Å². The number of rotatable bonds is 14. The lowest BCUT2D eigenvalue weighted by atomic mass is 9.88. The maximum absolute atomic E-state index is 13.1. The van der Waals surface area contributed by atoms with Crippen molar-refractivity contribution in [2.24, 2.45) is 0 Å². The molecule has 47 heavy (non-hydrogen) atoms. The third kappa shape index (κ3) is 9.38. The Labute approximate surface area is 273 Å². The van der Waals surface area contributed by atoms with Gasteiger partial charge in [0.2, 0.25) is 0 Å². The van der Waals surface area contributed by atoms with Crippen LogP contribution in [-0.4, -0.2) is 56.9 Å². The SMILES string of the molecule is CCOP(=O)(OCC)Oc1ccc2c(c1)CCCC(c1ccc(OC(F)(F)F)cc1)=C2c1ccc(O[C@H]2CCN(CCCF)C2)cc1. The third-order valence-corrected chi connectivity index (χ3v) is 9.61. The summed E-state index contributed by atoms with van der Waals surface area (Å²) in [6.07, 6.45) is -1.27. The van der Waals surface area contributed by atoms with Gasteiger partial charge in [-0.05, 0) is 116 Å². The summed E-state index contributed by atoms with van der Waals surface area (Å²) in [5, 5.41) is 0. The first-order valence-corrected chi connectivity index (χ1v) is 17.4. The van der Waals surface area contributed by atoms with Gasteiger partial charge in [0.05, 0.1) is 19.9 Å². The molecule has 0 spiro atoms. The Kier molecular flexibility index (Phi) is 11.7. The Balaban J connectivity index is 1.49. The minimum atomic E-state index is -4.78. The van der Waals surface area contributed by atoms with Gasteiger partial charge in [0.15, 0.2) is 0 Å². The Morgan fingerprint density at radius 2 is 1.53 bits per heavy atom. The molecular formula is C35H40F4NO6P. The second-order valence-corrected chi connectivity index (χ2v) is 13.0. The molecule has 2 aliphatic rings. The molecule has 254 valence electrons. The normalized spacial score (nSPS) is 17.4. The topological polar surface area (TPSA) is 66.5 Å². The Hall–Kier alpha value is -3.37. The Bertz CT molecular complexity index is 1550. The minimum Gasteiger partial charge on any atom is -0.489 e. The fraction of sp³-hybridized carbons (Fsp3) is 0.429. The van der Waals surface area contributed by atoms with E-state index in [1.54, 1.807) is 32.0 Å². The minimum absolute atomic E-state index is 0.0223. The fourth-order valence-corrected chi connectivity index (χ4v) is 7.29. The molecule has 5 rings (SSSR count). The first kappa shape index (κ1) is 35.0. The van der Waals surface area contributed by atoms with Crippen LogP contribution in [0, 0.1) is 0 Å². The van der Waals surface area contributed by atoms with Gasteiger partial charge in [0.25, 0.3) is 0 Å². The monoisotopic (exact) mass is 677 g/mol. The number of nitrogens with zero attached hydrogens (tertiary/aromatic N) is 1. The van der Waals surface area contributed by atoms with Crippen molar-refractivity contribution in [2.75, 3.05) is 39.5 Å². The van der Waals surface area contributed by atoms with Crippen LogP contribution in [0.2, 0.25) is 0 Å². The summed E-state index contributed by atoms with van der Waals surface area (Å²) in [6, 6.07) is 19.2. The van der Waals surface area contributed by atoms with Gasteiger partial charge in [-0.2, -0.15) is 0 Å². The number of phosphoric acid groups is 1. The van der Waals surface area contributed by atoms with E-state index in [4.69, 9.17) is 18.3 Å². The summed E-state index contributed by atoms with van der Waals surface area (Å²) in [5.41, 5.74) is 5.47. The van der Waals surface area contributed by atoms with Gasteiger partial charge < -0.3 is 14.0 Å². The lowest BCUT2D eigenvalue weighted by Gasteiger charge is -2.20. The zero-order valence-electron chi connectivity index (χ0n) is 26.6. The van der Waals surface area contributed by atoms with Crippen LogP contribution in [0.5, 0.6) is 17.2 Å². The number of likely N-dealkylation sites (tertiary alicyclic amines) is 1. The molecule has 0 radical (unpaired) electrons. The van der Waals surface area contributed by atoms with Gasteiger partial charge >= 0.3 is 14.2 Å². The Morgan fingerprint density at radius 1 is 0.872 bits per heavy atom. The number of aryl methyl sites for hydroxylation is 1. The summed E-state index contributed by atoms with van der Waals surface area (Å²) in [5.74, 6) is 0.789. The number of fused-ring (bicyclic) bond motifs is 1. The van der Waals surface area contributed by atoms with E-state index >= 15 is 0 Å². The number of halogens is 4. The molecular weight excluding hydrogens is 637 g/mol. The molecule has 0 saturated carbocycles. The van der Waals surface area contributed by atoms with Gasteiger partial charge in [0.1, 0.15) is 23.4 Å². The van der Waals surface area contributed by atoms with Crippen molar-refractivity contribution < 1.29 is 45.2 Å². The number of hydrogen-bond donors (Lipinski definition) is 0. The molecule has 1 saturated heterocycles. The molecule has 1 atom stereocenters. The molecule has 0 unspecified atom stereocenters. The van der Waals surface area contributed by atoms with Crippen LogP contribution >= 0.6 is 7.82 Å². The second kappa shape index (κ2) is 15.7. The van der Waals surface area contributed by atoms with Crippen LogP contribution in [-0.2, 0) is 20.0 Å². The highest BCUT2D eigenvalue weighted by Gasteiger charge is 2.32. The van der Waals surface area contributed by atoms with E-state index in [9.17, 15) is 22.1 Å². The number of hydrogen-bond acceptors (Lipinski definition) is 7.